The Bertz CT molecular complexity index is 247. The Morgan fingerprint density at radius 1 is 1.62 bits per heavy atom. The number of hydrogen-bond donors (Lipinski definition) is 1. The lowest BCUT2D eigenvalue weighted by Crippen LogP contribution is -2.22. The van der Waals surface area contributed by atoms with Crippen LogP contribution in [-0.2, 0) is 0 Å². The third kappa shape index (κ3) is 1.99. The highest BCUT2D eigenvalue weighted by Gasteiger charge is 2.25. The molecule has 0 amide bonds. The normalized spacial score (nSPS) is 27.8. The molecule has 1 aliphatic carbocycles. The van der Waals surface area contributed by atoms with E-state index in [0.29, 0.717) is 6.04 Å². The van der Waals surface area contributed by atoms with Gasteiger partial charge in [0.15, 0.2) is 0 Å². The topological polar surface area (TPSA) is 37.8 Å². The summed E-state index contributed by atoms with van der Waals surface area (Å²) in [6.45, 7) is 2.27. The molecule has 2 rings (SSSR count). The van der Waals surface area contributed by atoms with E-state index in [2.05, 4.69) is 21.8 Å². The van der Waals surface area contributed by atoms with Crippen LogP contribution in [0.1, 0.15) is 32.6 Å². The summed E-state index contributed by atoms with van der Waals surface area (Å²) in [7, 11) is 0. The van der Waals surface area contributed by atoms with Crippen molar-refractivity contribution in [1.29, 1.82) is 0 Å². The van der Waals surface area contributed by atoms with Crippen molar-refractivity contribution >= 4 is 16.5 Å². The zero-order chi connectivity index (χ0) is 9.10. The summed E-state index contributed by atoms with van der Waals surface area (Å²) in [5.41, 5.74) is 0. The first kappa shape index (κ1) is 8.94. The average Bonchev–Trinajstić information content (AvgIpc) is 2.76. The third-order valence-corrected chi connectivity index (χ3v) is 3.47. The second-order valence-electron chi connectivity index (χ2n) is 3.63. The summed E-state index contributed by atoms with van der Waals surface area (Å²) in [6.07, 6.45) is 7.14. The van der Waals surface area contributed by atoms with Crippen molar-refractivity contribution in [1.82, 2.24) is 9.59 Å². The van der Waals surface area contributed by atoms with Gasteiger partial charge in [-0.2, -0.15) is 0 Å². The summed E-state index contributed by atoms with van der Waals surface area (Å²) >= 11 is 1.45. The van der Waals surface area contributed by atoms with Gasteiger partial charge < -0.3 is 5.32 Å². The van der Waals surface area contributed by atoms with E-state index >= 15 is 0 Å². The smallest absolute Gasteiger partial charge is 0.130 e. The van der Waals surface area contributed by atoms with Crippen LogP contribution in [0.15, 0.2) is 6.20 Å². The van der Waals surface area contributed by atoms with Crippen molar-refractivity contribution in [2.75, 3.05) is 5.32 Å². The first-order chi connectivity index (χ1) is 6.40. The van der Waals surface area contributed by atoms with Gasteiger partial charge in [-0.3, -0.25) is 0 Å². The first-order valence-corrected chi connectivity index (χ1v) is 5.71. The van der Waals surface area contributed by atoms with E-state index in [9.17, 15) is 0 Å². The molecule has 2 unspecified atom stereocenters. The van der Waals surface area contributed by atoms with Crippen LogP contribution in [0, 0.1) is 5.92 Å². The molecular weight excluding hydrogens is 182 g/mol. The lowest BCUT2D eigenvalue weighted by atomic mass is 10.0. The third-order valence-electron chi connectivity index (χ3n) is 2.87. The maximum absolute atomic E-state index is 3.84. The standard InChI is InChI=1S/C9H15N3S/c1-2-7-4-3-5-8(7)11-9-6-10-12-13-9/h6-8,11H,2-5H2,1H3. The number of aromatic nitrogens is 2. The molecule has 1 fully saturated rings. The molecule has 2 atom stereocenters. The zero-order valence-electron chi connectivity index (χ0n) is 7.86. The summed E-state index contributed by atoms with van der Waals surface area (Å²) in [4.78, 5) is 0. The van der Waals surface area contributed by atoms with E-state index in [1.165, 1.54) is 37.2 Å². The zero-order valence-corrected chi connectivity index (χ0v) is 8.68. The van der Waals surface area contributed by atoms with Gasteiger partial charge in [-0.05, 0) is 18.8 Å². The predicted molar refractivity (Wildman–Crippen MR) is 55.0 cm³/mol. The molecule has 0 aliphatic heterocycles. The summed E-state index contributed by atoms with van der Waals surface area (Å²) in [6, 6.07) is 0.659. The van der Waals surface area contributed by atoms with Gasteiger partial charge in [-0.1, -0.05) is 24.3 Å². The molecule has 0 saturated heterocycles. The van der Waals surface area contributed by atoms with Gasteiger partial charge in [0.2, 0.25) is 0 Å². The van der Waals surface area contributed by atoms with E-state index in [1.807, 2.05) is 6.20 Å². The minimum atomic E-state index is 0.659. The summed E-state index contributed by atoms with van der Waals surface area (Å²) in [5, 5.41) is 8.45. The van der Waals surface area contributed by atoms with Crippen LogP contribution in [0.2, 0.25) is 0 Å². The molecule has 72 valence electrons. The number of nitrogens with zero attached hydrogens (tertiary/aromatic N) is 2. The van der Waals surface area contributed by atoms with Gasteiger partial charge >= 0.3 is 0 Å². The van der Waals surface area contributed by atoms with Gasteiger partial charge in [0, 0.05) is 17.6 Å². The molecule has 1 N–H and O–H groups in total. The molecule has 3 nitrogen and oxygen atoms in total. The van der Waals surface area contributed by atoms with E-state index in [1.54, 1.807) is 0 Å². The summed E-state index contributed by atoms with van der Waals surface area (Å²) < 4.78 is 3.84. The SMILES string of the molecule is CCC1CCCC1Nc1cnns1. The molecule has 0 aromatic carbocycles. The Morgan fingerprint density at radius 2 is 2.54 bits per heavy atom. The maximum atomic E-state index is 3.84. The van der Waals surface area contributed by atoms with E-state index in [-0.39, 0.29) is 0 Å². The molecule has 1 aromatic rings. The van der Waals surface area contributed by atoms with Gasteiger partial charge in [0.25, 0.3) is 0 Å². The van der Waals surface area contributed by atoms with Gasteiger partial charge in [0.05, 0.1) is 6.20 Å². The fourth-order valence-electron chi connectivity index (χ4n) is 2.13. The van der Waals surface area contributed by atoms with Crippen molar-refractivity contribution in [2.45, 2.75) is 38.6 Å². The number of anilines is 1. The summed E-state index contributed by atoms with van der Waals surface area (Å²) in [5.74, 6) is 0.849. The molecular formula is C9H15N3S. The average molecular weight is 197 g/mol. The Morgan fingerprint density at radius 3 is 3.23 bits per heavy atom. The van der Waals surface area contributed by atoms with Crippen molar-refractivity contribution in [3.05, 3.63) is 6.20 Å². The van der Waals surface area contributed by atoms with Crippen LogP contribution in [0.5, 0.6) is 0 Å². The Balaban J connectivity index is 1.94. The number of hydrogen-bond acceptors (Lipinski definition) is 4. The number of rotatable bonds is 3. The van der Waals surface area contributed by atoms with Crippen LogP contribution in [0.3, 0.4) is 0 Å². The van der Waals surface area contributed by atoms with Gasteiger partial charge in [0.1, 0.15) is 5.00 Å². The van der Waals surface area contributed by atoms with Crippen molar-refractivity contribution in [3.8, 4) is 0 Å². The first-order valence-electron chi connectivity index (χ1n) is 4.94. The molecule has 0 bridgehead atoms. The number of nitrogens with one attached hydrogen (secondary N) is 1. The monoisotopic (exact) mass is 197 g/mol. The van der Waals surface area contributed by atoms with Gasteiger partial charge in [-0.25, -0.2) is 0 Å². The minimum Gasteiger partial charge on any atom is -0.371 e. The van der Waals surface area contributed by atoms with Crippen molar-refractivity contribution in [2.24, 2.45) is 5.92 Å². The van der Waals surface area contributed by atoms with Crippen LogP contribution >= 0.6 is 11.5 Å². The largest absolute Gasteiger partial charge is 0.371 e. The van der Waals surface area contributed by atoms with E-state index < -0.39 is 0 Å². The maximum Gasteiger partial charge on any atom is 0.130 e. The molecule has 0 spiro atoms. The molecule has 1 aliphatic rings. The van der Waals surface area contributed by atoms with Crippen LogP contribution < -0.4 is 5.32 Å². The lowest BCUT2D eigenvalue weighted by Gasteiger charge is -2.18. The van der Waals surface area contributed by atoms with Crippen LogP contribution in [0.25, 0.3) is 0 Å². The highest BCUT2D eigenvalue weighted by atomic mass is 32.1. The van der Waals surface area contributed by atoms with Crippen molar-refractivity contribution in [3.63, 3.8) is 0 Å². The molecule has 4 heteroatoms. The Kier molecular flexibility index (Phi) is 2.78. The van der Waals surface area contributed by atoms with Crippen molar-refractivity contribution < 1.29 is 0 Å². The Labute approximate surface area is 82.7 Å². The van der Waals surface area contributed by atoms with Crippen LogP contribution in [-0.4, -0.2) is 15.6 Å². The molecule has 0 radical (unpaired) electrons. The molecule has 13 heavy (non-hydrogen) atoms. The second-order valence-corrected chi connectivity index (χ2v) is 4.42. The molecule has 1 heterocycles. The lowest BCUT2D eigenvalue weighted by molar-refractivity contribution is 0.490. The fourth-order valence-corrected chi connectivity index (χ4v) is 2.61. The highest BCUT2D eigenvalue weighted by Crippen LogP contribution is 2.31. The minimum absolute atomic E-state index is 0.659. The molecule has 1 saturated carbocycles. The predicted octanol–water partition coefficient (Wildman–Crippen LogP) is 2.53. The second kappa shape index (κ2) is 4.05. The quantitative estimate of drug-likeness (QED) is 0.809. The van der Waals surface area contributed by atoms with E-state index in [0.717, 1.165) is 10.9 Å². The Hall–Kier alpha value is -0.640. The van der Waals surface area contributed by atoms with Crippen LogP contribution in [0.4, 0.5) is 5.00 Å². The molecule has 1 aromatic heterocycles. The van der Waals surface area contributed by atoms with E-state index in [4.69, 9.17) is 0 Å². The highest BCUT2D eigenvalue weighted by molar-refractivity contribution is 7.09. The van der Waals surface area contributed by atoms with Gasteiger partial charge in [-0.15, -0.1) is 5.10 Å². The fraction of sp³-hybridized carbons (Fsp3) is 0.778.